The van der Waals surface area contributed by atoms with Gasteiger partial charge in [-0.2, -0.15) is 0 Å². The summed E-state index contributed by atoms with van der Waals surface area (Å²) in [6.07, 6.45) is 0.187. The van der Waals surface area contributed by atoms with E-state index < -0.39 is 18.0 Å². The summed E-state index contributed by atoms with van der Waals surface area (Å²) in [4.78, 5) is 22.9. The molecule has 0 aliphatic heterocycles. The Balaban J connectivity index is 2.65. The second kappa shape index (κ2) is 8.80. The first-order valence-electron chi connectivity index (χ1n) is 6.59. The van der Waals surface area contributed by atoms with Crippen LogP contribution in [0.4, 0.5) is 10.5 Å². The van der Waals surface area contributed by atoms with E-state index in [9.17, 15) is 9.59 Å². The zero-order valence-corrected chi connectivity index (χ0v) is 12.1. The minimum Gasteiger partial charge on any atom is -0.492 e. The molecule has 0 radical (unpaired) electrons. The molecular weight excluding hydrogens is 276 g/mol. The van der Waals surface area contributed by atoms with Crippen molar-refractivity contribution in [3.63, 3.8) is 0 Å². The smallest absolute Gasteiger partial charge is 0.326 e. The highest BCUT2D eigenvalue weighted by Gasteiger charge is 2.20. The normalized spacial score (nSPS) is 11.5. The van der Waals surface area contributed by atoms with E-state index in [1.165, 1.54) is 7.11 Å². The van der Waals surface area contributed by atoms with Crippen LogP contribution in [0.25, 0.3) is 0 Å². The first-order valence-corrected chi connectivity index (χ1v) is 6.59. The number of carboxylic acids is 1. The molecule has 1 unspecified atom stereocenters. The number of carbonyl (C=O) groups excluding carboxylic acids is 1. The van der Waals surface area contributed by atoms with E-state index in [0.29, 0.717) is 18.0 Å². The Hall–Kier alpha value is -2.28. The van der Waals surface area contributed by atoms with Crippen LogP contribution in [0.3, 0.4) is 0 Å². The second-order valence-electron chi connectivity index (χ2n) is 4.20. The standard InChI is InChI=1S/C14H20N2O5/c1-3-21-12-7-5-4-6-10(12)15-14(19)16-11(13(17)18)8-9-20-2/h4-7,11H,3,8-9H2,1-2H3,(H,17,18)(H2,15,16,19). The monoisotopic (exact) mass is 296 g/mol. The van der Waals surface area contributed by atoms with Crippen LogP contribution >= 0.6 is 0 Å². The average molecular weight is 296 g/mol. The minimum atomic E-state index is -1.11. The van der Waals surface area contributed by atoms with Crippen molar-refractivity contribution in [2.75, 3.05) is 25.6 Å². The number of rotatable bonds is 8. The Kier molecular flexibility index (Phi) is 7.03. The number of urea groups is 1. The number of anilines is 1. The molecule has 0 aliphatic rings. The first kappa shape index (κ1) is 16.8. The highest BCUT2D eigenvalue weighted by atomic mass is 16.5. The van der Waals surface area contributed by atoms with Crippen molar-refractivity contribution in [3.8, 4) is 5.75 Å². The number of ether oxygens (including phenoxy) is 2. The van der Waals surface area contributed by atoms with E-state index in [1.54, 1.807) is 24.3 Å². The fraction of sp³-hybridized carbons (Fsp3) is 0.429. The lowest BCUT2D eigenvalue weighted by Gasteiger charge is -2.16. The summed E-state index contributed by atoms with van der Waals surface area (Å²) in [6, 6.07) is 5.31. The average Bonchev–Trinajstić information content (AvgIpc) is 2.45. The van der Waals surface area contributed by atoms with Crippen molar-refractivity contribution in [3.05, 3.63) is 24.3 Å². The van der Waals surface area contributed by atoms with Gasteiger partial charge in [-0.3, -0.25) is 0 Å². The summed E-state index contributed by atoms with van der Waals surface area (Å²) in [7, 11) is 1.47. The number of para-hydroxylation sites is 2. The van der Waals surface area contributed by atoms with Crippen LogP contribution in [0.5, 0.6) is 5.75 Å². The lowest BCUT2D eigenvalue weighted by Crippen LogP contribution is -2.43. The topological polar surface area (TPSA) is 96.9 Å². The quantitative estimate of drug-likeness (QED) is 0.678. The van der Waals surface area contributed by atoms with Gasteiger partial charge in [-0.15, -0.1) is 0 Å². The maximum Gasteiger partial charge on any atom is 0.326 e. The molecule has 21 heavy (non-hydrogen) atoms. The zero-order valence-electron chi connectivity index (χ0n) is 12.1. The van der Waals surface area contributed by atoms with Crippen LogP contribution in [0.15, 0.2) is 24.3 Å². The van der Waals surface area contributed by atoms with Gasteiger partial charge < -0.3 is 25.2 Å². The van der Waals surface area contributed by atoms with E-state index >= 15 is 0 Å². The lowest BCUT2D eigenvalue weighted by molar-refractivity contribution is -0.139. The van der Waals surface area contributed by atoms with Gasteiger partial charge in [0.05, 0.1) is 12.3 Å². The van der Waals surface area contributed by atoms with E-state index in [0.717, 1.165) is 0 Å². The maximum atomic E-state index is 11.9. The number of carbonyl (C=O) groups is 2. The van der Waals surface area contributed by atoms with Gasteiger partial charge >= 0.3 is 12.0 Å². The molecule has 0 fully saturated rings. The highest BCUT2D eigenvalue weighted by molar-refractivity contribution is 5.93. The third kappa shape index (κ3) is 5.70. The molecular formula is C14H20N2O5. The largest absolute Gasteiger partial charge is 0.492 e. The summed E-state index contributed by atoms with van der Waals surface area (Å²) in [6.45, 7) is 2.54. The molecule has 2 amide bonds. The van der Waals surface area contributed by atoms with Gasteiger partial charge in [0.2, 0.25) is 0 Å². The maximum absolute atomic E-state index is 11.9. The number of amides is 2. The van der Waals surface area contributed by atoms with Crippen LogP contribution in [0.1, 0.15) is 13.3 Å². The molecule has 0 heterocycles. The fourth-order valence-electron chi connectivity index (χ4n) is 1.66. The van der Waals surface area contributed by atoms with Gasteiger partial charge in [0.1, 0.15) is 11.8 Å². The van der Waals surface area contributed by atoms with Crippen LogP contribution in [-0.2, 0) is 9.53 Å². The Bertz CT molecular complexity index is 478. The molecule has 0 aromatic heterocycles. The van der Waals surface area contributed by atoms with Crippen LogP contribution < -0.4 is 15.4 Å². The van der Waals surface area contributed by atoms with Crippen LogP contribution in [0.2, 0.25) is 0 Å². The molecule has 0 saturated heterocycles. The molecule has 1 aromatic carbocycles. The number of hydrogen-bond acceptors (Lipinski definition) is 4. The van der Waals surface area contributed by atoms with Gasteiger partial charge in [-0.05, 0) is 19.1 Å². The summed E-state index contributed by atoms with van der Waals surface area (Å²) in [5, 5.41) is 14.0. The van der Waals surface area contributed by atoms with Crippen molar-refractivity contribution in [1.82, 2.24) is 5.32 Å². The molecule has 1 atom stereocenters. The second-order valence-corrected chi connectivity index (χ2v) is 4.20. The first-order chi connectivity index (χ1) is 10.1. The Morgan fingerprint density at radius 2 is 2.05 bits per heavy atom. The summed E-state index contributed by atoms with van der Waals surface area (Å²) < 4.78 is 10.2. The number of aliphatic carboxylic acids is 1. The van der Waals surface area contributed by atoms with Gasteiger partial charge in [0.15, 0.2) is 0 Å². The van der Waals surface area contributed by atoms with Gasteiger partial charge in [-0.1, -0.05) is 12.1 Å². The van der Waals surface area contributed by atoms with Crippen molar-refractivity contribution in [1.29, 1.82) is 0 Å². The summed E-state index contributed by atoms with van der Waals surface area (Å²) >= 11 is 0. The molecule has 0 bridgehead atoms. The summed E-state index contributed by atoms with van der Waals surface area (Å²) in [5.74, 6) is -0.584. The predicted octanol–water partition coefficient (Wildman–Crippen LogP) is 1.70. The van der Waals surface area contributed by atoms with Gasteiger partial charge in [0, 0.05) is 20.1 Å². The molecule has 0 saturated carbocycles. The molecule has 7 heteroatoms. The number of hydrogen-bond donors (Lipinski definition) is 3. The molecule has 3 N–H and O–H groups in total. The van der Waals surface area contributed by atoms with Crippen molar-refractivity contribution in [2.45, 2.75) is 19.4 Å². The minimum absolute atomic E-state index is 0.187. The number of nitrogens with one attached hydrogen (secondary N) is 2. The van der Waals surface area contributed by atoms with Crippen molar-refractivity contribution in [2.24, 2.45) is 0 Å². The SMILES string of the molecule is CCOc1ccccc1NC(=O)NC(CCOC)C(=O)O. The molecule has 7 nitrogen and oxygen atoms in total. The predicted molar refractivity (Wildman–Crippen MR) is 77.7 cm³/mol. The Morgan fingerprint density at radius 1 is 1.33 bits per heavy atom. The van der Waals surface area contributed by atoms with E-state index in [1.807, 2.05) is 6.92 Å². The Morgan fingerprint density at radius 3 is 2.67 bits per heavy atom. The molecule has 1 rings (SSSR count). The molecule has 0 aliphatic carbocycles. The van der Waals surface area contributed by atoms with Crippen molar-refractivity contribution >= 4 is 17.7 Å². The lowest BCUT2D eigenvalue weighted by atomic mass is 10.2. The number of carboxylic acid groups (broad SMARTS) is 1. The van der Waals surface area contributed by atoms with E-state index in [-0.39, 0.29) is 13.0 Å². The third-order valence-corrected chi connectivity index (χ3v) is 2.65. The fourth-order valence-corrected chi connectivity index (χ4v) is 1.66. The van der Waals surface area contributed by atoms with Gasteiger partial charge in [0.25, 0.3) is 0 Å². The molecule has 116 valence electrons. The highest BCUT2D eigenvalue weighted by Crippen LogP contribution is 2.23. The summed E-state index contributed by atoms with van der Waals surface area (Å²) in [5.41, 5.74) is 0.479. The molecule has 0 spiro atoms. The molecule has 1 aromatic rings. The Labute approximate surface area is 123 Å². The van der Waals surface area contributed by atoms with Crippen molar-refractivity contribution < 1.29 is 24.2 Å². The van der Waals surface area contributed by atoms with E-state index in [2.05, 4.69) is 10.6 Å². The number of benzene rings is 1. The van der Waals surface area contributed by atoms with Crippen LogP contribution in [0, 0.1) is 0 Å². The zero-order chi connectivity index (χ0) is 15.7. The third-order valence-electron chi connectivity index (χ3n) is 2.65. The number of methoxy groups -OCH3 is 1. The van der Waals surface area contributed by atoms with Crippen LogP contribution in [-0.4, -0.2) is 43.5 Å². The van der Waals surface area contributed by atoms with E-state index in [4.69, 9.17) is 14.6 Å². The van der Waals surface area contributed by atoms with Gasteiger partial charge in [-0.25, -0.2) is 9.59 Å².